The summed E-state index contributed by atoms with van der Waals surface area (Å²) in [6, 6.07) is -2.99. The summed E-state index contributed by atoms with van der Waals surface area (Å²) in [5, 5.41) is 21.5. The molecule has 8 heteroatoms. The largest absolute Gasteiger partial charge is 0.337 e. The second-order valence-corrected chi connectivity index (χ2v) is 3.53. The van der Waals surface area contributed by atoms with Crippen molar-refractivity contribution in [2.45, 2.75) is 32.7 Å². The number of Topliss-reactive ketones (excluding diaryl/α,β-unsaturated/α-hetero) is 2. The average molecular weight is 246 g/mol. The first-order chi connectivity index (χ1) is 7.62. The van der Waals surface area contributed by atoms with Crippen LogP contribution in [0.5, 0.6) is 0 Å². The van der Waals surface area contributed by atoms with Gasteiger partial charge in [-0.25, -0.2) is 0 Å². The molecule has 0 radical (unpaired) electrons. The highest BCUT2D eigenvalue weighted by Gasteiger charge is 2.28. The molecular formula is C9H14N2O6. The lowest BCUT2D eigenvalue weighted by Gasteiger charge is -2.23. The van der Waals surface area contributed by atoms with Gasteiger partial charge < -0.3 is 10.2 Å². The molecule has 0 rings (SSSR count). The van der Waals surface area contributed by atoms with Crippen LogP contribution in [-0.2, 0) is 19.2 Å². The minimum atomic E-state index is -2.99. The van der Waals surface area contributed by atoms with Gasteiger partial charge in [0.15, 0.2) is 0 Å². The van der Waals surface area contributed by atoms with Crippen LogP contribution in [-0.4, -0.2) is 39.6 Å². The Bertz CT molecular complexity index is 317. The van der Waals surface area contributed by atoms with Crippen molar-refractivity contribution in [2.75, 3.05) is 0 Å². The normalized spacial score (nSPS) is 10.6. The fraction of sp³-hybridized carbons (Fsp3) is 0.556. The topological polar surface area (TPSA) is 133 Å². The van der Waals surface area contributed by atoms with E-state index in [2.05, 4.69) is 0 Å². The second kappa shape index (κ2) is 6.06. The summed E-state index contributed by atoms with van der Waals surface area (Å²) in [4.78, 5) is 43.1. The Kier molecular flexibility index (Phi) is 5.42. The van der Waals surface area contributed by atoms with E-state index in [1.165, 1.54) is 0 Å². The quantitative estimate of drug-likeness (QED) is 0.310. The molecule has 0 saturated heterocycles. The smallest absolute Gasteiger partial charge is 0.331 e. The fourth-order valence-corrected chi connectivity index (χ4v) is 0.961. The first kappa shape index (κ1) is 15.2. The van der Waals surface area contributed by atoms with E-state index in [1.54, 1.807) is 10.6 Å². The summed E-state index contributed by atoms with van der Waals surface area (Å²) in [7, 11) is 0. The van der Waals surface area contributed by atoms with Crippen molar-refractivity contribution < 1.29 is 29.4 Å². The van der Waals surface area contributed by atoms with E-state index >= 15 is 0 Å². The zero-order valence-electron chi connectivity index (χ0n) is 9.44. The maximum Gasteiger partial charge on any atom is 0.337 e. The highest BCUT2D eigenvalue weighted by atomic mass is 16.6. The molecule has 17 heavy (non-hydrogen) atoms. The molecule has 2 amide bonds. The zero-order chi connectivity index (χ0) is 13.6. The van der Waals surface area contributed by atoms with Gasteiger partial charge in [-0.2, -0.15) is 0 Å². The van der Waals surface area contributed by atoms with E-state index in [9.17, 15) is 19.2 Å². The van der Waals surface area contributed by atoms with Crippen LogP contribution in [0.4, 0.5) is 0 Å². The van der Waals surface area contributed by atoms with E-state index in [1.807, 2.05) is 0 Å². The van der Waals surface area contributed by atoms with Crippen molar-refractivity contribution in [3.05, 3.63) is 0 Å². The Morgan fingerprint density at radius 1 is 0.882 bits per heavy atom. The van der Waals surface area contributed by atoms with Gasteiger partial charge in [0.2, 0.25) is 11.8 Å². The molecule has 0 aromatic heterocycles. The number of carbonyl (C=O) groups is 4. The van der Waals surface area contributed by atoms with Crippen LogP contribution in [0.2, 0.25) is 0 Å². The van der Waals surface area contributed by atoms with Crippen LogP contribution >= 0.6 is 0 Å². The van der Waals surface area contributed by atoms with Gasteiger partial charge in [-0.1, -0.05) is 0 Å². The molecule has 96 valence electrons. The van der Waals surface area contributed by atoms with Crippen molar-refractivity contribution in [1.82, 2.24) is 10.6 Å². The van der Waals surface area contributed by atoms with Crippen LogP contribution in [0.3, 0.4) is 0 Å². The van der Waals surface area contributed by atoms with Crippen LogP contribution in [0.1, 0.15) is 26.7 Å². The van der Waals surface area contributed by atoms with E-state index in [-0.39, 0.29) is 0 Å². The van der Waals surface area contributed by atoms with Gasteiger partial charge in [0, 0.05) is 0 Å². The standard InChI is InChI=1S/C9H14N2O6/c1-5(12)3-7(14)10-9(16,17)11-8(15)4-6(2)13/h16-17H,3-4H2,1-2H3,(H,10,14)(H,11,15). The highest BCUT2D eigenvalue weighted by molar-refractivity contribution is 5.98. The van der Waals surface area contributed by atoms with Crippen molar-refractivity contribution in [2.24, 2.45) is 0 Å². The van der Waals surface area contributed by atoms with Crippen molar-refractivity contribution >= 4 is 23.4 Å². The molecule has 0 saturated carbocycles. The van der Waals surface area contributed by atoms with E-state index < -0.39 is 42.3 Å². The number of rotatable bonds is 6. The molecule has 0 bridgehead atoms. The Morgan fingerprint density at radius 2 is 1.18 bits per heavy atom. The van der Waals surface area contributed by atoms with Gasteiger partial charge >= 0.3 is 6.03 Å². The Hall–Kier alpha value is -1.80. The summed E-state index contributed by atoms with van der Waals surface area (Å²) in [6.07, 6.45) is -1.10. The Morgan fingerprint density at radius 3 is 1.41 bits per heavy atom. The van der Waals surface area contributed by atoms with Crippen molar-refractivity contribution in [1.29, 1.82) is 0 Å². The van der Waals surface area contributed by atoms with Gasteiger partial charge in [-0.15, -0.1) is 0 Å². The average Bonchev–Trinajstić information content (AvgIpc) is 1.95. The van der Waals surface area contributed by atoms with Gasteiger partial charge in [-0.3, -0.25) is 29.8 Å². The third kappa shape index (κ3) is 8.05. The molecule has 0 aliphatic heterocycles. The van der Waals surface area contributed by atoms with Gasteiger partial charge in [0.1, 0.15) is 11.6 Å². The maximum atomic E-state index is 11.0. The molecule has 4 N–H and O–H groups in total. The summed E-state index contributed by atoms with van der Waals surface area (Å²) >= 11 is 0. The molecule has 0 spiro atoms. The molecule has 0 atom stereocenters. The summed E-state index contributed by atoms with van der Waals surface area (Å²) in [5.74, 6) is -2.89. The molecule has 0 aliphatic carbocycles. The molecule has 0 unspecified atom stereocenters. The number of aliphatic hydroxyl groups is 2. The van der Waals surface area contributed by atoms with Gasteiger partial charge in [0.05, 0.1) is 12.8 Å². The molecule has 0 aromatic rings. The van der Waals surface area contributed by atoms with Gasteiger partial charge in [0.25, 0.3) is 0 Å². The lowest BCUT2D eigenvalue weighted by molar-refractivity contribution is -0.209. The van der Waals surface area contributed by atoms with Crippen LogP contribution in [0.15, 0.2) is 0 Å². The molecule has 0 heterocycles. The van der Waals surface area contributed by atoms with Crippen molar-refractivity contribution in [3.63, 3.8) is 0 Å². The number of hydrogen-bond acceptors (Lipinski definition) is 6. The van der Waals surface area contributed by atoms with Gasteiger partial charge in [-0.05, 0) is 13.8 Å². The van der Waals surface area contributed by atoms with E-state index in [4.69, 9.17) is 10.2 Å². The van der Waals surface area contributed by atoms with E-state index in [0.717, 1.165) is 13.8 Å². The lowest BCUT2D eigenvalue weighted by atomic mass is 10.3. The summed E-state index contributed by atoms with van der Waals surface area (Å²) in [6.45, 7) is 2.29. The maximum absolute atomic E-state index is 11.0. The highest BCUT2D eigenvalue weighted by Crippen LogP contribution is 1.93. The second-order valence-electron chi connectivity index (χ2n) is 3.53. The number of ketones is 2. The number of nitrogens with one attached hydrogen (secondary N) is 2. The first-order valence-electron chi connectivity index (χ1n) is 4.68. The minimum Gasteiger partial charge on any atom is -0.331 e. The third-order valence-electron chi connectivity index (χ3n) is 1.45. The molecule has 0 aromatic carbocycles. The number of carbonyl (C=O) groups excluding carboxylic acids is 4. The van der Waals surface area contributed by atoms with Crippen molar-refractivity contribution in [3.8, 4) is 0 Å². The molecule has 0 fully saturated rings. The monoisotopic (exact) mass is 246 g/mol. The summed E-state index contributed by atoms with van der Waals surface area (Å²) in [5.41, 5.74) is 0. The predicted molar refractivity (Wildman–Crippen MR) is 54.1 cm³/mol. The number of amides is 2. The first-order valence-corrected chi connectivity index (χ1v) is 4.68. The Balaban J connectivity index is 4.28. The number of hydrogen-bond donors (Lipinski definition) is 4. The van der Waals surface area contributed by atoms with E-state index in [0.29, 0.717) is 0 Å². The predicted octanol–water partition coefficient (Wildman–Crippen LogP) is -2.23. The minimum absolute atomic E-state index is 0.478. The summed E-state index contributed by atoms with van der Waals surface area (Å²) < 4.78 is 0. The third-order valence-corrected chi connectivity index (χ3v) is 1.45. The molecule has 0 aliphatic rings. The SMILES string of the molecule is CC(=O)CC(=O)NC(O)(O)NC(=O)CC(C)=O. The zero-order valence-corrected chi connectivity index (χ0v) is 9.44. The lowest BCUT2D eigenvalue weighted by Crippen LogP contribution is -2.61. The molecule has 8 nitrogen and oxygen atoms in total. The Labute approximate surface area is 97.0 Å². The molecular weight excluding hydrogens is 232 g/mol. The van der Waals surface area contributed by atoms with Crippen LogP contribution in [0, 0.1) is 0 Å². The van der Waals surface area contributed by atoms with Crippen LogP contribution < -0.4 is 10.6 Å². The fourth-order valence-electron chi connectivity index (χ4n) is 0.961. The van der Waals surface area contributed by atoms with Crippen LogP contribution in [0.25, 0.3) is 0 Å².